The standard InChI is InChI=1S/C19H25NO/c1-15(18-6-4-3-5-7-18)12-13-20-16(2)14-17-8-10-19(21)11-9-17/h3-11,15-16,20-21H,12-14H2,1-2H3. The van der Waals surface area contributed by atoms with Crippen LogP contribution >= 0.6 is 0 Å². The molecule has 0 bridgehead atoms. The van der Waals surface area contributed by atoms with E-state index in [0.29, 0.717) is 17.7 Å². The van der Waals surface area contributed by atoms with E-state index in [-0.39, 0.29) is 0 Å². The summed E-state index contributed by atoms with van der Waals surface area (Å²) in [6.07, 6.45) is 2.13. The van der Waals surface area contributed by atoms with Gasteiger partial charge in [0.05, 0.1) is 0 Å². The van der Waals surface area contributed by atoms with Crippen molar-refractivity contribution >= 4 is 0 Å². The van der Waals surface area contributed by atoms with E-state index in [4.69, 9.17) is 0 Å². The van der Waals surface area contributed by atoms with Gasteiger partial charge in [-0.05, 0) is 55.5 Å². The van der Waals surface area contributed by atoms with E-state index in [1.165, 1.54) is 11.1 Å². The van der Waals surface area contributed by atoms with Crippen molar-refractivity contribution in [3.63, 3.8) is 0 Å². The SMILES string of the molecule is CC(Cc1ccc(O)cc1)NCCC(C)c1ccccc1. The zero-order valence-corrected chi connectivity index (χ0v) is 12.9. The van der Waals surface area contributed by atoms with E-state index in [1.54, 1.807) is 12.1 Å². The normalized spacial score (nSPS) is 13.8. The van der Waals surface area contributed by atoms with Gasteiger partial charge in [-0.15, -0.1) is 0 Å². The molecule has 2 aromatic rings. The Morgan fingerprint density at radius 3 is 2.29 bits per heavy atom. The Balaban J connectivity index is 1.72. The van der Waals surface area contributed by atoms with Crippen LogP contribution in [0.25, 0.3) is 0 Å². The maximum atomic E-state index is 9.29. The predicted molar refractivity (Wildman–Crippen MR) is 88.7 cm³/mol. The first-order valence-corrected chi connectivity index (χ1v) is 7.71. The van der Waals surface area contributed by atoms with Crippen molar-refractivity contribution in [2.75, 3.05) is 6.54 Å². The lowest BCUT2D eigenvalue weighted by Crippen LogP contribution is -2.29. The summed E-state index contributed by atoms with van der Waals surface area (Å²) in [6, 6.07) is 18.6. The smallest absolute Gasteiger partial charge is 0.115 e. The van der Waals surface area contributed by atoms with Gasteiger partial charge in [0.15, 0.2) is 0 Å². The van der Waals surface area contributed by atoms with Gasteiger partial charge in [0.25, 0.3) is 0 Å². The molecule has 112 valence electrons. The number of hydrogen-bond acceptors (Lipinski definition) is 2. The Labute approximate surface area is 127 Å². The lowest BCUT2D eigenvalue weighted by molar-refractivity contribution is 0.474. The lowest BCUT2D eigenvalue weighted by Gasteiger charge is -2.17. The van der Waals surface area contributed by atoms with Crippen LogP contribution in [0.5, 0.6) is 5.75 Å². The average Bonchev–Trinajstić information content (AvgIpc) is 2.50. The number of phenols is 1. The van der Waals surface area contributed by atoms with Crippen LogP contribution in [-0.4, -0.2) is 17.7 Å². The van der Waals surface area contributed by atoms with Crippen LogP contribution in [0.2, 0.25) is 0 Å². The van der Waals surface area contributed by atoms with Crippen molar-refractivity contribution in [2.45, 2.75) is 38.6 Å². The van der Waals surface area contributed by atoms with Gasteiger partial charge in [-0.2, -0.15) is 0 Å². The molecule has 0 heterocycles. The third-order valence-corrected chi connectivity index (χ3v) is 3.92. The molecule has 2 atom stereocenters. The van der Waals surface area contributed by atoms with Crippen molar-refractivity contribution < 1.29 is 5.11 Å². The van der Waals surface area contributed by atoms with Gasteiger partial charge in [-0.25, -0.2) is 0 Å². The summed E-state index contributed by atoms with van der Waals surface area (Å²) < 4.78 is 0. The number of nitrogens with one attached hydrogen (secondary N) is 1. The second-order valence-electron chi connectivity index (χ2n) is 5.83. The van der Waals surface area contributed by atoms with Gasteiger partial charge in [0.2, 0.25) is 0 Å². The van der Waals surface area contributed by atoms with E-state index in [2.05, 4.69) is 49.5 Å². The maximum Gasteiger partial charge on any atom is 0.115 e. The van der Waals surface area contributed by atoms with E-state index >= 15 is 0 Å². The van der Waals surface area contributed by atoms with Gasteiger partial charge in [0.1, 0.15) is 5.75 Å². The zero-order valence-electron chi connectivity index (χ0n) is 12.9. The number of phenolic OH excluding ortho intramolecular Hbond substituents is 1. The summed E-state index contributed by atoms with van der Waals surface area (Å²) in [6.45, 7) is 5.51. The van der Waals surface area contributed by atoms with Gasteiger partial charge in [0, 0.05) is 6.04 Å². The molecule has 0 amide bonds. The highest BCUT2D eigenvalue weighted by molar-refractivity contribution is 5.26. The van der Waals surface area contributed by atoms with Gasteiger partial charge < -0.3 is 10.4 Å². The number of benzene rings is 2. The molecule has 0 aliphatic carbocycles. The average molecular weight is 283 g/mol. The van der Waals surface area contributed by atoms with Crippen LogP contribution < -0.4 is 5.32 Å². The number of aromatic hydroxyl groups is 1. The van der Waals surface area contributed by atoms with Crippen LogP contribution in [0.4, 0.5) is 0 Å². The van der Waals surface area contributed by atoms with Gasteiger partial charge in [-0.1, -0.05) is 49.4 Å². The minimum atomic E-state index is 0.330. The van der Waals surface area contributed by atoms with Crippen LogP contribution in [0.1, 0.15) is 37.3 Å². The Hall–Kier alpha value is -1.80. The molecule has 0 aromatic heterocycles. The fourth-order valence-corrected chi connectivity index (χ4v) is 2.55. The highest BCUT2D eigenvalue weighted by Crippen LogP contribution is 2.17. The summed E-state index contributed by atoms with van der Waals surface area (Å²) in [5.41, 5.74) is 2.66. The topological polar surface area (TPSA) is 32.3 Å². The van der Waals surface area contributed by atoms with Crippen LogP contribution in [-0.2, 0) is 6.42 Å². The van der Waals surface area contributed by atoms with Crippen molar-refractivity contribution in [2.24, 2.45) is 0 Å². The van der Waals surface area contributed by atoms with Crippen molar-refractivity contribution in [3.8, 4) is 5.75 Å². The fraction of sp³-hybridized carbons (Fsp3) is 0.368. The second kappa shape index (κ2) is 7.84. The zero-order chi connectivity index (χ0) is 15.1. The van der Waals surface area contributed by atoms with Crippen molar-refractivity contribution in [1.29, 1.82) is 0 Å². The molecule has 0 saturated heterocycles. The highest BCUT2D eigenvalue weighted by Gasteiger charge is 2.07. The highest BCUT2D eigenvalue weighted by atomic mass is 16.3. The molecular weight excluding hydrogens is 258 g/mol. The van der Waals surface area contributed by atoms with E-state index in [1.807, 2.05) is 12.1 Å². The second-order valence-corrected chi connectivity index (χ2v) is 5.83. The first kappa shape index (κ1) is 15.6. The molecule has 2 rings (SSSR count). The molecule has 0 saturated carbocycles. The summed E-state index contributed by atoms with van der Waals surface area (Å²) in [5, 5.41) is 12.9. The predicted octanol–water partition coefficient (Wildman–Crippen LogP) is 4.11. The number of rotatable bonds is 7. The fourth-order valence-electron chi connectivity index (χ4n) is 2.55. The quantitative estimate of drug-likeness (QED) is 0.801. The first-order chi connectivity index (χ1) is 10.1. The molecule has 0 fully saturated rings. The van der Waals surface area contributed by atoms with E-state index in [9.17, 15) is 5.11 Å². The van der Waals surface area contributed by atoms with Gasteiger partial charge in [-0.3, -0.25) is 0 Å². The van der Waals surface area contributed by atoms with Crippen LogP contribution in [0, 0.1) is 0 Å². The Kier molecular flexibility index (Phi) is 5.82. The van der Waals surface area contributed by atoms with E-state index in [0.717, 1.165) is 19.4 Å². The summed E-state index contributed by atoms with van der Waals surface area (Å²) in [5.74, 6) is 0.913. The molecular formula is C19H25NO. The molecule has 2 unspecified atom stereocenters. The molecule has 0 aliphatic rings. The largest absolute Gasteiger partial charge is 0.508 e. The van der Waals surface area contributed by atoms with Crippen LogP contribution in [0.15, 0.2) is 54.6 Å². The Bertz CT molecular complexity index is 521. The molecule has 0 spiro atoms. The van der Waals surface area contributed by atoms with Crippen LogP contribution in [0.3, 0.4) is 0 Å². The monoisotopic (exact) mass is 283 g/mol. The minimum absolute atomic E-state index is 0.330. The summed E-state index contributed by atoms with van der Waals surface area (Å²) in [7, 11) is 0. The molecule has 0 aliphatic heterocycles. The molecule has 2 N–H and O–H groups in total. The molecule has 21 heavy (non-hydrogen) atoms. The van der Waals surface area contributed by atoms with Crippen molar-refractivity contribution in [1.82, 2.24) is 5.32 Å². The molecule has 2 nitrogen and oxygen atoms in total. The van der Waals surface area contributed by atoms with E-state index < -0.39 is 0 Å². The first-order valence-electron chi connectivity index (χ1n) is 7.71. The lowest BCUT2D eigenvalue weighted by atomic mass is 9.98. The molecule has 0 radical (unpaired) electrons. The molecule has 2 aromatic carbocycles. The number of hydrogen-bond donors (Lipinski definition) is 2. The van der Waals surface area contributed by atoms with Gasteiger partial charge >= 0.3 is 0 Å². The maximum absolute atomic E-state index is 9.29. The summed E-state index contributed by atoms with van der Waals surface area (Å²) in [4.78, 5) is 0. The summed E-state index contributed by atoms with van der Waals surface area (Å²) >= 11 is 0. The third-order valence-electron chi connectivity index (χ3n) is 3.92. The molecule has 2 heteroatoms. The third kappa shape index (κ3) is 5.24. The Morgan fingerprint density at radius 2 is 1.62 bits per heavy atom. The van der Waals surface area contributed by atoms with Crippen molar-refractivity contribution in [3.05, 3.63) is 65.7 Å². The minimum Gasteiger partial charge on any atom is -0.508 e. The Morgan fingerprint density at radius 1 is 0.952 bits per heavy atom.